The standard InChI is InChI=1S/C21H22N4O2S2.ClH/c1-13-9-10-15(27-4)17-18(13)29-21(23-17)25(12-11-24(2)3)20(26)19-22-14-7-5-6-8-16(14)28-19;/h5-10H,11-12H2,1-4H3;1H. The molecule has 2 heterocycles. The largest absolute Gasteiger partial charge is 0.494 e. The van der Waals surface area contributed by atoms with Crippen LogP contribution in [-0.2, 0) is 0 Å². The lowest BCUT2D eigenvalue weighted by molar-refractivity contribution is 0.0985. The van der Waals surface area contributed by atoms with E-state index in [0.717, 1.165) is 32.5 Å². The van der Waals surface area contributed by atoms with Crippen molar-refractivity contribution < 1.29 is 9.53 Å². The Kier molecular flexibility index (Phi) is 6.92. The molecule has 0 aliphatic heterocycles. The molecular weight excluding hydrogens is 440 g/mol. The van der Waals surface area contributed by atoms with Crippen molar-refractivity contribution in [2.75, 3.05) is 39.2 Å². The minimum absolute atomic E-state index is 0. The monoisotopic (exact) mass is 462 g/mol. The number of halogens is 1. The summed E-state index contributed by atoms with van der Waals surface area (Å²) in [4.78, 5) is 26.6. The highest BCUT2D eigenvalue weighted by Gasteiger charge is 2.25. The Morgan fingerprint density at radius 2 is 1.83 bits per heavy atom. The Balaban J connectivity index is 0.00000256. The molecule has 30 heavy (non-hydrogen) atoms. The minimum Gasteiger partial charge on any atom is -0.494 e. The van der Waals surface area contributed by atoms with Crippen LogP contribution in [0.5, 0.6) is 5.75 Å². The van der Waals surface area contributed by atoms with Gasteiger partial charge in [-0.15, -0.1) is 23.7 Å². The molecule has 4 rings (SSSR count). The van der Waals surface area contributed by atoms with Crippen molar-refractivity contribution in [3.05, 3.63) is 47.0 Å². The van der Waals surface area contributed by atoms with Crippen molar-refractivity contribution in [2.24, 2.45) is 0 Å². The second-order valence-corrected chi connectivity index (χ2v) is 9.01. The van der Waals surface area contributed by atoms with E-state index >= 15 is 0 Å². The highest BCUT2D eigenvalue weighted by Crippen LogP contribution is 2.37. The molecule has 2 aromatic heterocycles. The number of likely N-dealkylation sites (N-methyl/N-ethyl adjacent to an activating group) is 1. The van der Waals surface area contributed by atoms with Crippen LogP contribution >= 0.6 is 35.1 Å². The predicted molar refractivity (Wildman–Crippen MR) is 128 cm³/mol. The van der Waals surface area contributed by atoms with Crippen LogP contribution < -0.4 is 9.64 Å². The van der Waals surface area contributed by atoms with E-state index in [4.69, 9.17) is 9.72 Å². The van der Waals surface area contributed by atoms with Crippen molar-refractivity contribution in [1.82, 2.24) is 14.9 Å². The van der Waals surface area contributed by atoms with Crippen LogP contribution in [-0.4, -0.2) is 55.1 Å². The fourth-order valence-corrected chi connectivity index (χ4v) is 5.03. The topological polar surface area (TPSA) is 58.6 Å². The van der Waals surface area contributed by atoms with E-state index in [9.17, 15) is 4.79 Å². The number of fused-ring (bicyclic) bond motifs is 2. The van der Waals surface area contributed by atoms with Gasteiger partial charge in [0, 0.05) is 13.1 Å². The Morgan fingerprint density at radius 3 is 2.53 bits per heavy atom. The average Bonchev–Trinajstić information content (AvgIpc) is 3.33. The van der Waals surface area contributed by atoms with Gasteiger partial charge in [0.25, 0.3) is 5.91 Å². The summed E-state index contributed by atoms with van der Waals surface area (Å²) in [5.74, 6) is 0.594. The molecule has 1 amide bonds. The molecule has 4 aromatic rings. The molecule has 0 aliphatic carbocycles. The fraction of sp³-hybridized carbons (Fsp3) is 0.286. The van der Waals surface area contributed by atoms with Crippen molar-refractivity contribution >= 4 is 66.6 Å². The summed E-state index contributed by atoms with van der Waals surface area (Å²) in [5.41, 5.74) is 2.75. The number of hydrogen-bond acceptors (Lipinski definition) is 7. The number of thiazole rings is 2. The number of benzene rings is 2. The molecule has 0 aliphatic rings. The molecule has 0 spiro atoms. The van der Waals surface area contributed by atoms with Crippen LogP contribution in [0.1, 0.15) is 15.4 Å². The van der Waals surface area contributed by atoms with Crippen LogP contribution in [0.15, 0.2) is 36.4 Å². The summed E-state index contributed by atoms with van der Waals surface area (Å²) in [7, 11) is 5.62. The molecule has 0 fully saturated rings. The molecule has 0 atom stereocenters. The van der Waals surface area contributed by atoms with E-state index in [0.29, 0.717) is 22.4 Å². The number of rotatable bonds is 6. The van der Waals surface area contributed by atoms with Gasteiger partial charge >= 0.3 is 0 Å². The second-order valence-electron chi connectivity index (χ2n) is 7.01. The molecule has 0 unspecified atom stereocenters. The Bertz CT molecular complexity index is 1160. The summed E-state index contributed by atoms with van der Waals surface area (Å²) in [6, 6.07) is 11.7. The van der Waals surface area contributed by atoms with Gasteiger partial charge in [-0.1, -0.05) is 29.5 Å². The summed E-state index contributed by atoms with van der Waals surface area (Å²) >= 11 is 2.93. The quantitative estimate of drug-likeness (QED) is 0.409. The summed E-state index contributed by atoms with van der Waals surface area (Å²) in [6.07, 6.45) is 0. The third-order valence-corrected chi connectivity index (χ3v) is 6.87. The van der Waals surface area contributed by atoms with Crippen LogP contribution in [0.2, 0.25) is 0 Å². The van der Waals surface area contributed by atoms with Gasteiger partial charge in [0.1, 0.15) is 11.3 Å². The van der Waals surface area contributed by atoms with Crippen molar-refractivity contribution in [3.63, 3.8) is 0 Å². The summed E-state index contributed by atoms with van der Waals surface area (Å²) in [6.45, 7) is 3.30. The normalized spacial score (nSPS) is 11.1. The molecule has 158 valence electrons. The average molecular weight is 463 g/mol. The predicted octanol–water partition coefficient (Wildman–Crippen LogP) is 4.85. The van der Waals surface area contributed by atoms with E-state index in [1.54, 1.807) is 12.0 Å². The zero-order valence-electron chi connectivity index (χ0n) is 17.2. The number of nitrogens with zero attached hydrogens (tertiary/aromatic N) is 4. The zero-order chi connectivity index (χ0) is 20.5. The summed E-state index contributed by atoms with van der Waals surface area (Å²) < 4.78 is 7.52. The van der Waals surface area contributed by atoms with E-state index in [1.807, 2.05) is 57.4 Å². The number of amides is 1. The first-order valence-corrected chi connectivity index (χ1v) is 10.9. The number of hydrogen-bond donors (Lipinski definition) is 0. The highest BCUT2D eigenvalue weighted by molar-refractivity contribution is 7.23. The number of methoxy groups -OCH3 is 1. The third-order valence-electron chi connectivity index (χ3n) is 4.64. The highest BCUT2D eigenvalue weighted by atomic mass is 35.5. The maximum atomic E-state index is 13.4. The number of anilines is 1. The van der Waals surface area contributed by atoms with Gasteiger partial charge in [0.15, 0.2) is 10.1 Å². The van der Waals surface area contributed by atoms with Gasteiger partial charge in [0.05, 0.1) is 22.0 Å². The molecule has 0 saturated heterocycles. The third kappa shape index (κ3) is 4.27. The van der Waals surface area contributed by atoms with Gasteiger partial charge < -0.3 is 9.64 Å². The van der Waals surface area contributed by atoms with E-state index < -0.39 is 0 Å². The molecular formula is C21H23ClN4O2S2. The van der Waals surface area contributed by atoms with Crippen LogP contribution in [0.3, 0.4) is 0 Å². The molecule has 9 heteroatoms. The lowest BCUT2D eigenvalue weighted by Gasteiger charge is -2.20. The van der Waals surface area contributed by atoms with Gasteiger partial charge in [-0.3, -0.25) is 9.69 Å². The maximum Gasteiger partial charge on any atom is 0.289 e. The van der Waals surface area contributed by atoms with Gasteiger partial charge in [-0.25, -0.2) is 9.97 Å². The summed E-state index contributed by atoms with van der Waals surface area (Å²) in [5, 5.41) is 1.15. The zero-order valence-corrected chi connectivity index (χ0v) is 19.7. The molecule has 0 bridgehead atoms. The lowest BCUT2D eigenvalue weighted by Crippen LogP contribution is -2.36. The number of carbonyl (C=O) groups is 1. The van der Waals surface area contributed by atoms with Crippen molar-refractivity contribution in [1.29, 1.82) is 0 Å². The maximum absolute atomic E-state index is 13.4. The number of carbonyl (C=O) groups excluding carboxylic acids is 1. The van der Waals surface area contributed by atoms with E-state index in [2.05, 4.69) is 9.88 Å². The van der Waals surface area contributed by atoms with E-state index in [1.165, 1.54) is 22.7 Å². The van der Waals surface area contributed by atoms with Crippen molar-refractivity contribution in [3.8, 4) is 5.75 Å². The molecule has 0 saturated carbocycles. The molecule has 0 radical (unpaired) electrons. The second kappa shape index (κ2) is 9.26. The Hall–Kier alpha value is -2.26. The lowest BCUT2D eigenvalue weighted by atomic mass is 10.2. The number of para-hydroxylation sites is 1. The molecule has 6 nitrogen and oxygen atoms in total. The van der Waals surface area contributed by atoms with E-state index in [-0.39, 0.29) is 18.3 Å². The SMILES string of the molecule is COc1ccc(C)c2sc(N(CCN(C)C)C(=O)c3nc4ccccc4s3)nc12.Cl. The first-order valence-electron chi connectivity index (χ1n) is 9.24. The van der Waals surface area contributed by atoms with Crippen LogP contribution in [0.4, 0.5) is 5.13 Å². The minimum atomic E-state index is -0.122. The number of aryl methyl sites for hydroxylation is 1. The smallest absolute Gasteiger partial charge is 0.289 e. The molecule has 2 aromatic carbocycles. The van der Waals surface area contributed by atoms with Gasteiger partial charge in [-0.2, -0.15) is 0 Å². The van der Waals surface area contributed by atoms with Crippen LogP contribution in [0, 0.1) is 6.92 Å². The number of aromatic nitrogens is 2. The number of ether oxygens (including phenoxy) is 1. The Morgan fingerprint density at radius 1 is 1.07 bits per heavy atom. The fourth-order valence-electron chi connectivity index (χ4n) is 3.04. The first kappa shape index (κ1) is 22.4. The first-order chi connectivity index (χ1) is 14.0. The van der Waals surface area contributed by atoms with Gasteiger partial charge in [0.2, 0.25) is 0 Å². The van der Waals surface area contributed by atoms with Gasteiger partial charge in [-0.05, 0) is 44.8 Å². The Labute approximate surface area is 189 Å². The van der Waals surface area contributed by atoms with Crippen molar-refractivity contribution in [2.45, 2.75) is 6.92 Å². The van der Waals surface area contributed by atoms with Crippen LogP contribution in [0.25, 0.3) is 20.4 Å². The molecule has 0 N–H and O–H groups in total.